The summed E-state index contributed by atoms with van der Waals surface area (Å²) >= 11 is 0. The van der Waals surface area contributed by atoms with Gasteiger partial charge in [0.05, 0.1) is 24.2 Å². The van der Waals surface area contributed by atoms with Crippen LogP contribution in [0.25, 0.3) is 11.0 Å². The molecule has 0 bridgehead atoms. The number of hydrogen-bond acceptors (Lipinski definition) is 5. The highest BCUT2D eigenvalue weighted by molar-refractivity contribution is 5.95. The summed E-state index contributed by atoms with van der Waals surface area (Å²) in [6, 6.07) is 12.8. The minimum Gasteiger partial charge on any atom is -0.493 e. The van der Waals surface area contributed by atoms with Gasteiger partial charge in [-0.1, -0.05) is 12.1 Å². The number of hydrogen-bond donors (Lipinski definition) is 1. The summed E-state index contributed by atoms with van der Waals surface area (Å²) in [5.74, 6) is 0.965. The van der Waals surface area contributed by atoms with Gasteiger partial charge in [-0.05, 0) is 49.6 Å². The summed E-state index contributed by atoms with van der Waals surface area (Å²) in [7, 11) is 3.49. The Hall–Kier alpha value is -3.55. The molecule has 2 aromatic carbocycles. The number of ether oxygens (including phenoxy) is 2. The molecule has 1 atom stereocenters. The Morgan fingerprint density at radius 3 is 2.71 bits per heavy atom. The Labute approximate surface area is 180 Å². The normalized spacial score (nSPS) is 16.3. The van der Waals surface area contributed by atoms with Gasteiger partial charge in [-0.15, -0.1) is 0 Å². The fourth-order valence-corrected chi connectivity index (χ4v) is 4.14. The van der Waals surface area contributed by atoms with Gasteiger partial charge in [0, 0.05) is 19.2 Å². The number of nitrogens with two attached hydrogens (primary N) is 1. The van der Waals surface area contributed by atoms with Crippen LogP contribution in [0.2, 0.25) is 0 Å². The number of nitrogens with zero attached hydrogens (tertiary/aromatic N) is 3. The Balaban J connectivity index is 1.64. The highest BCUT2D eigenvalue weighted by Crippen LogP contribution is 2.35. The summed E-state index contributed by atoms with van der Waals surface area (Å²) in [4.78, 5) is 31.2. The van der Waals surface area contributed by atoms with Gasteiger partial charge >= 0.3 is 0 Å². The second-order valence-electron chi connectivity index (χ2n) is 7.65. The van der Waals surface area contributed by atoms with Crippen molar-refractivity contribution in [1.82, 2.24) is 14.5 Å². The first-order valence-corrected chi connectivity index (χ1v) is 10.3. The van der Waals surface area contributed by atoms with Crippen molar-refractivity contribution in [1.29, 1.82) is 0 Å². The van der Waals surface area contributed by atoms with Crippen LogP contribution in [-0.2, 0) is 11.8 Å². The lowest BCUT2D eigenvalue weighted by atomic mass is 10.00. The zero-order valence-electron chi connectivity index (χ0n) is 17.7. The predicted octanol–water partition coefficient (Wildman–Crippen LogP) is 2.81. The van der Waals surface area contributed by atoms with Crippen molar-refractivity contribution in [2.45, 2.75) is 25.3 Å². The van der Waals surface area contributed by atoms with E-state index in [2.05, 4.69) is 4.57 Å². The summed E-state index contributed by atoms with van der Waals surface area (Å²) in [6.45, 7) is 0.402. The highest BCUT2D eigenvalue weighted by Gasteiger charge is 2.32. The van der Waals surface area contributed by atoms with Crippen LogP contribution in [-0.4, -0.2) is 46.5 Å². The summed E-state index contributed by atoms with van der Waals surface area (Å²) in [5.41, 5.74) is 7.61. The number of carbonyl (C=O) groups is 2. The monoisotopic (exact) mass is 422 g/mol. The van der Waals surface area contributed by atoms with E-state index >= 15 is 0 Å². The molecule has 1 aromatic heterocycles. The third-order valence-electron chi connectivity index (χ3n) is 5.66. The quantitative estimate of drug-likeness (QED) is 0.658. The van der Waals surface area contributed by atoms with E-state index in [1.54, 1.807) is 18.2 Å². The largest absolute Gasteiger partial charge is 0.493 e. The van der Waals surface area contributed by atoms with E-state index in [1.165, 1.54) is 7.11 Å². The van der Waals surface area contributed by atoms with Crippen LogP contribution < -0.4 is 15.2 Å². The minimum absolute atomic E-state index is 0.0866. The molecule has 0 saturated carbocycles. The number of rotatable bonds is 6. The second kappa shape index (κ2) is 8.67. The number of amides is 2. The van der Waals surface area contributed by atoms with Crippen molar-refractivity contribution in [2.24, 2.45) is 12.8 Å². The first-order valence-electron chi connectivity index (χ1n) is 10.3. The van der Waals surface area contributed by atoms with Gasteiger partial charge < -0.3 is 24.7 Å². The van der Waals surface area contributed by atoms with Gasteiger partial charge in [-0.3, -0.25) is 9.59 Å². The van der Waals surface area contributed by atoms with Crippen molar-refractivity contribution in [3.8, 4) is 11.5 Å². The molecule has 2 amide bonds. The van der Waals surface area contributed by atoms with Crippen molar-refractivity contribution in [3.05, 3.63) is 53.9 Å². The van der Waals surface area contributed by atoms with Crippen LogP contribution in [0.3, 0.4) is 0 Å². The van der Waals surface area contributed by atoms with Gasteiger partial charge in [0.1, 0.15) is 5.82 Å². The van der Waals surface area contributed by atoms with Crippen molar-refractivity contribution < 1.29 is 19.1 Å². The first kappa shape index (κ1) is 20.7. The third kappa shape index (κ3) is 4.05. The number of para-hydroxylation sites is 2. The number of likely N-dealkylation sites (tertiary alicyclic amines) is 1. The number of benzene rings is 2. The maximum Gasteiger partial charge on any atom is 0.255 e. The fraction of sp³-hybridized carbons (Fsp3) is 0.348. The topological polar surface area (TPSA) is 99.7 Å². The fourth-order valence-electron chi connectivity index (χ4n) is 4.14. The first-order chi connectivity index (χ1) is 15.0. The third-order valence-corrected chi connectivity index (χ3v) is 5.66. The van der Waals surface area contributed by atoms with E-state index in [9.17, 15) is 9.59 Å². The number of carbonyl (C=O) groups excluding carboxylic acids is 2. The maximum atomic E-state index is 13.5. The van der Waals surface area contributed by atoms with E-state index in [4.69, 9.17) is 20.2 Å². The second-order valence-corrected chi connectivity index (χ2v) is 7.65. The van der Waals surface area contributed by atoms with Gasteiger partial charge in [-0.2, -0.15) is 0 Å². The molecule has 0 spiro atoms. The Bertz CT molecular complexity index is 1120. The molecule has 1 saturated heterocycles. The molecule has 2 N–H and O–H groups in total. The van der Waals surface area contributed by atoms with E-state index in [-0.39, 0.29) is 18.6 Å². The molecule has 0 aliphatic carbocycles. The lowest BCUT2D eigenvalue weighted by molar-refractivity contribution is -0.119. The van der Waals surface area contributed by atoms with Gasteiger partial charge in [0.25, 0.3) is 11.8 Å². The molecule has 4 rings (SSSR count). The van der Waals surface area contributed by atoms with Crippen LogP contribution in [0, 0.1) is 0 Å². The number of piperidine rings is 1. The SMILES string of the molecule is COc1cc(C(=O)N2CCCCC2c2nc3ccccc3n2C)ccc1OCC(N)=O. The zero-order valence-corrected chi connectivity index (χ0v) is 17.7. The number of imidazole rings is 1. The Morgan fingerprint density at radius 2 is 1.97 bits per heavy atom. The van der Waals surface area contributed by atoms with E-state index in [0.717, 1.165) is 36.1 Å². The van der Waals surface area contributed by atoms with Gasteiger partial charge in [0.2, 0.25) is 0 Å². The van der Waals surface area contributed by atoms with E-state index in [0.29, 0.717) is 23.6 Å². The molecule has 1 aliphatic heterocycles. The molecule has 0 radical (unpaired) electrons. The van der Waals surface area contributed by atoms with Crippen LogP contribution in [0.4, 0.5) is 0 Å². The van der Waals surface area contributed by atoms with Crippen LogP contribution in [0.15, 0.2) is 42.5 Å². The standard InChI is InChI=1S/C23H26N4O4/c1-26-17-8-4-3-7-16(17)25-22(26)18-9-5-6-12-27(18)23(29)15-10-11-19(20(13-15)30-2)31-14-21(24)28/h3-4,7-8,10-11,13,18H,5-6,9,12,14H2,1-2H3,(H2,24,28). The summed E-state index contributed by atoms with van der Waals surface area (Å²) in [6.07, 6.45) is 2.85. The zero-order chi connectivity index (χ0) is 22.0. The lowest BCUT2D eigenvalue weighted by Crippen LogP contribution is -2.39. The van der Waals surface area contributed by atoms with Gasteiger partial charge in [0.15, 0.2) is 18.1 Å². The smallest absolute Gasteiger partial charge is 0.255 e. The molecular weight excluding hydrogens is 396 g/mol. The molecular formula is C23H26N4O4. The minimum atomic E-state index is -0.583. The van der Waals surface area contributed by atoms with Gasteiger partial charge in [-0.25, -0.2) is 4.98 Å². The number of aryl methyl sites for hydroxylation is 1. The maximum absolute atomic E-state index is 13.5. The number of fused-ring (bicyclic) bond motifs is 1. The van der Waals surface area contributed by atoms with E-state index < -0.39 is 5.91 Å². The molecule has 31 heavy (non-hydrogen) atoms. The lowest BCUT2D eigenvalue weighted by Gasteiger charge is -2.35. The number of methoxy groups -OCH3 is 1. The summed E-state index contributed by atoms with van der Waals surface area (Å²) < 4.78 is 12.8. The van der Waals surface area contributed by atoms with Crippen LogP contribution in [0.1, 0.15) is 41.5 Å². The van der Waals surface area contributed by atoms with Crippen molar-refractivity contribution in [3.63, 3.8) is 0 Å². The average Bonchev–Trinajstić information content (AvgIpc) is 3.13. The van der Waals surface area contributed by atoms with E-state index in [1.807, 2.05) is 36.2 Å². The Kier molecular flexibility index (Phi) is 5.79. The molecule has 2 heterocycles. The predicted molar refractivity (Wildman–Crippen MR) is 116 cm³/mol. The van der Waals surface area contributed by atoms with Crippen LogP contribution >= 0.6 is 0 Å². The molecule has 1 unspecified atom stereocenters. The molecule has 1 fully saturated rings. The number of primary amides is 1. The number of aromatic nitrogens is 2. The molecule has 3 aromatic rings. The molecule has 162 valence electrons. The van der Waals surface area contributed by atoms with Crippen LogP contribution in [0.5, 0.6) is 11.5 Å². The molecule has 1 aliphatic rings. The highest BCUT2D eigenvalue weighted by atomic mass is 16.5. The van der Waals surface area contributed by atoms with Crippen molar-refractivity contribution in [2.75, 3.05) is 20.3 Å². The molecule has 8 nitrogen and oxygen atoms in total. The average molecular weight is 422 g/mol. The Morgan fingerprint density at radius 1 is 1.16 bits per heavy atom. The molecule has 8 heteroatoms. The summed E-state index contributed by atoms with van der Waals surface area (Å²) in [5, 5.41) is 0. The van der Waals surface area contributed by atoms with Crippen molar-refractivity contribution >= 4 is 22.8 Å².